The van der Waals surface area contributed by atoms with Crippen LogP contribution in [0.1, 0.15) is 18.4 Å². The molecule has 0 bridgehead atoms. The van der Waals surface area contributed by atoms with Crippen molar-refractivity contribution in [3.05, 3.63) is 34.4 Å². The van der Waals surface area contributed by atoms with Gasteiger partial charge in [0.2, 0.25) is 0 Å². The number of benzene rings is 1. The average molecular weight is 230 g/mol. The Bertz CT molecular complexity index is 642. The van der Waals surface area contributed by atoms with Gasteiger partial charge in [-0.05, 0) is 37.3 Å². The number of hydrogen-bond donors (Lipinski definition) is 1. The van der Waals surface area contributed by atoms with Gasteiger partial charge in [0.1, 0.15) is 11.3 Å². The van der Waals surface area contributed by atoms with Gasteiger partial charge in [0.25, 0.3) is 5.56 Å². The van der Waals surface area contributed by atoms with Crippen LogP contribution < -0.4 is 5.56 Å². The summed E-state index contributed by atoms with van der Waals surface area (Å²) in [5.41, 5.74) is 1.09. The summed E-state index contributed by atoms with van der Waals surface area (Å²) in [5, 5.41) is 10.4. The molecule has 1 aromatic heterocycles. The Morgan fingerprint density at radius 2 is 2.24 bits per heavy atom. The molecular formula is C13H14N2O2. The lowest BCUT2D eigenvalue weighted by Crippen LogP contribution is -2.21. The summed E-state index contributed by atoms with van der Waals surface area (Å²) in [5.74, 6) is 0.740. The van der Waals surface area contributed by atoms with Crippen molar-refractivity contribution in [3.63, 3.8) is 0 Å². The van der Waals surface area contributed by atoms with Crippen LogP contribution in [0.5, 0.6) is 5.75 Å². The molecule has 0 saturated heterocycles. The van der Waals surface area contributed by atoms with E-state index in [0.29, 0.717) is 16.8 Å². The maximum atomic E-state index is 12.2. The number of aryl methyl sites for hydroxylation is 1. The molecule has 0 radical (unpaired) electrons. The maximum absolute atomic E-state index is 12.2. The molecular weight excluding hydrogens is 216 g/mol. The summed E-state index contributed by atoms with van der Waals surface area (Å²) in [7, 11) is 0. The average Bonchev–Trinajstić information content (AvgIpc) is 3.11. The summed E-state index contributed by atoms with van der Waals surface area (Å²) < 4.78 is 1.65. The fourth-order valence-corrected chi connectivity index (χ4v) is 2.03. The SMILES string of the molecule is Cc1ccc2c(=O)n(CC3CC3)cnc2c1O. The van der Waals surface area contributed by atoms with Crippen LogP contribution in [0.15, 0.2) is 23.3 Å². The van der Waals surface area contributed by atoms with Gasteiger partial charge in [-0.3, -0.25) is 9.36 Å². The van der Waals surface area contributed by atoms with Crippen LogP contribution in [0.25, 0.3) is 10.9 Å². The number of phenolic OH excluding ortho intramolecular Hbond substituents is 1. The van der Waals surface area contributed by atoms with E-state index in [9.17, 15) is 9.90 Å². The van der Waals surface area contributed by atoms with Gasteiger partial charge in [-0.2, -0.15) is 0 Å². The second-order valence-electron chi connectivity index (χ2n) is 4.77. The van der Waals surface area contributed by atoms with Crippen LogP contribution in [0.2, 0.25) is 0 Å². The molecule has 1 heterocycles. The largest absolute Gasteiger partial charge is 0.505 e. The topological polar surface area (TPSA) is 55.1 Å². The minimum Gasteiger partial charge on any atom is -0.505 e. The lowest BCUT2D eigenvalue weighted by Gasteiger charge is -2.07. The molecule has 3 rings (SSSR count). The fraction of sp³-hybridized carbons (Fsp3) is 0.385. The Labute approximate surface area is 98.5 Å². The van der Waals surface area contributed by atoms with Crippen molar-refractivity contribution in [2.45, 2.75) is 26.3 Å². The number of phenols is 1. The van der Waals surface area contributed by atoms with E-state index in [2.05, 4.69) is 4.98 Å². The number of aromatic nitrogens is 2. The Morgan fingerprint density at radius 3 is 2.94 bits per heavy atom. The number of nitrogens with zero attached hydrogens (tertiary/aromatic N) is 2. The van der Waals surface area contributed by atoms with Crippen LogP contribution in [0, 0.1) is 12.8 Å². The smallest absolute Gasteiger partial charge is 0.261 e. The molecule has 1 fully saturated rings. The monoisotopic (exact) mass is 230 g/mol. The molecule has 1 aliphatic rings. The first-order valence-corrected chi connectivity index (χ1v) is 5.84. The van der Waals surface area contributed by atoms with Crippen LogP contribution in [0.4, 0.5) is 0 Å². The van der Waals surface area contributed by atoms with Crippen molar-refractivity contribution in [2.75, 3.05) is 0 Å². The molecule has 2 aromatic rings. The number of fused-ring (bicyclic) bond motifs is 1. The molecule has 0 amide bonds. The third kappa shape index (κ3) is 1.69. The third-order valence-electron chi connectivity index (χ3n) is 3.32. The van der Waals surface area contributed by atoms with E-state index in [4.69, 9.17) is 0 Å². The Hall–Kier alpha value is -1.84. The second-order valence-corrected chi connectivity index (χ2v) is 4.77. The zero-order valence-electron chi connectivity index (χ0n) is 9.68. The summed E-state index contributed by atoms with van der Waals surface area (Å²) in [4.78, 5) is 16.4. The standard InChI is InChI=1S/C13H14N2O2/c1-8-2-5-10-11(12(8)16)14-7-15(13(10)17)6-9-3-4-9/h2,5,7,9,16H,3-4,6H2,1H3. The molecule has 1 aromatic carbocycles. The minimum atomic E-state index is -0.0581. The Morgan fingerprint density at radius 1 is 1.47 bits per heavy atom. The first-order valence-electron chi connectivity index (χ1n) is 5.84. The van der Waals surface area contributed by atoms with Crippen molar-refractivity contribution in [1.82, 2.24) is 9.55 Å². The number of hydrogen-bond acceptors (Lipinski definition) is 3. The van der Waals surface area contributed by atoms with Gasteiger partial charge < -0.3 is 5.11 Å². The van der Waals surface area contributed by atoms with Crippen LogP contribution in [-0.4, -0.2) is 14.7 Å². The zero-order valence-corrected chi connectivity index (χ0v) is 9.68. The van der Waals surface area contributed by atoms with Crippen LogP contribution in [-0.2, 0) is 6.54 Å². The highest BCUT2D eigenvalue weighted by molar-refractivity contribution is 5.84. The van der Waals surface area contributed by atoms with Crippen molar-refractivity contribution < 1.29 is 5.11 Å². The van der Waals surface area contributed by atoms with E-state index in [1.54, 1.807) is 30.0 Å². The Kier molecular flexibility index (Phi) is 2.18. The summed E-state index contributed by atoms with van der Waals surface area (Å²) in [6, 6.07) is 3.49. The molecule has 0 spiro atoms. The van der Waals surface area contributed by atoms with Gasteiger partial charge in [0.05, 0.1) is 11.7 Å². The summed E-state index contributed by atoms with van der Waals surface area (Å²) in [6.45, 7) is 2.54. The molecule has 1 aliphatic carbocycles. The third-order valence-corrected chi connectivity index (χ3v) is 3.32. The van der Waals surface area contributed by atoms with Crippen molar-refractivity contribution in [2.24, 2.45) is 5.92 Å². The predicted octanol–water partition coefficient (Wildman–Crippen LogP) is 1.82. The summed E-state index contributed by atoms with van der Waals surface area (Å²) in [6.07, 6.45) is 3.94. The highest BCUT2D eigenvalue weighted by atomic mass is 16.3. The second kappa shape index (κ2) is 3.58. The Balaban J connectivity index is 2.20. The van der Waals surface area contributed by atoms with Gasteiger partial charge in [-0.1, -0.05) is 6.07 Å². The van der Waals surface area contributed by atoms with Gasteiger partial charge in [0.15, 0.2) is 0 Å². The lowest BCUT2D eigenvalue weighted by atomic mass is 10.1. The highest BCUT2D eigenvalue weighted by Gasteiger charge is 2.22. The van der Waals surface area contributed by atoms with E-state index in [-0.39, 0.29) is 11.3 Å². The molecule has 0 atom stereocenters. The zero-order chi connectivity index (χ0) is 12.0. The van der Waals surface area contributed by atoms with Crippen molar-refractivity contribution in [3.8, 4) is 5.75 Å². The first kappa shape index (κ1) is 10.3. The predicted molar refractivity (Wildman–Crippen MR) is 65.1 cm³/mol. The molecule has 4 heteroatoms. The maximum Gasteiger partial charge on any atom is 0.261 e. The highest BCUT2D eigenvalue weighted by Crippen LogP contribution is 2.30. The molecule has 1 saturated carbocycles. The van der Waals surface area contributed by atoms with Crippen LogP contribution in [0.3, 0.4) is 0 Å². The van der Waals surface area contributed by atoms with Gasteiger partial charge in [-0.25, -0.2) is 4.98 Å². The van der Waals surface area contributed by atoms with Gasteiger partial charge in [0, 0.05) is 6.54 Å². The fourth-order valence-electron chi connectivity index (χ4n) is 2.03. The first-order chi connectivity index (χ1) is 8.16. The molecule has 0 unspecified atom stereocenters. The van der Waals surface area contributed by atoms with E-state index in [1.165, 1.54) is 12.8 Å². The lowest BCUT2D eigenvalue weighted by molar-refractivity contribution is 0.475. The van der Waals surface area contributed by atoms with Crippen molar-refractivity contribution in [1.29, 1.82) is 0 Å². The van der Waals surface area contributed by atoms with E-state index >= 15 is 0 Å². The molecule has 88 valence electrons. The van der Waals surface area contributed by atoms with Gasteiger partial charge >= 0.3 is 0 Å². The number of aromatic hydroxyl groups is 1. The summed E-state index contributed by atoms with van der Waals surface area (Å²) >= 11 is 0. The van der Waals surface area contributed by atoms with E-state index in [1.807, 2.05) is 0 Å². The van der Waals surface area contributed by atoms with Gasteiger partial charge in [-0.15, -0.1) is 0 Å². The number of rotatable bonds is 2. The minimum absolute atomic E-state index is 0.0581. The molecule has 4 nitrogen and oxygen atoms in total. The molecule has 17 heavy (non-hydrogen) atoms. The molecule has 1 N–H and O–H groups in total. The normalized spacial score (nSPS) is 15.4. The van der Waals surface area contributed by atoms with Crippen molar-refractivity contribution >= 4 is 10.9 Å². The molecule has 0 aliphatic heterocycles. The van der Waals surface area contributed by atoms with E-state index < -0.39 is 0 Å². The quantitative estimate of drug-likeness (QED) is 0.856. The van der Waals surface area contributed by atoms with E-state index in [0.717, 1.165) is 12.1 Å². The van der Waals surface area contributed by atoms with Crippen LogP contribution >= 0.6 is 0 Å².